The molecule has 0 N–H and O–H groups in total. The van der Waals surface area contributed by atoms with Gasteiger partial charge < -0.3 is 9.30 Å². The van der Waals surface area contributed by atoms with Gasteiger partial charge in [-0.2, -0.15) is 0 Å². The number of ether oxygens (including phenoxy) is 1. The van der Waals surface area contributed by atoms with Crippen molar-refractivity contribution < 1.29 is 9.53 Å². The Hall–Kier alpha value is -1.32. The number of carbonyl (C=O) groups excluding carboxylic acids is 1. The summed E-state index contributed by atoms with van der Waals surface area (Å²) >= 11 is 0. The molecule has 0 saturated carbocycles. The van der Waals surface area contributed by atoms with Gasteiger partial charge in [-0.3, -0.25) is 4.79 Å². The van der Waals surface area contributed by atoms with Gasteiger partial charge in [-0.25, -0.2) is 4.98 Å². The summed E-state index contributed by atoms with van der Waals surface area (Å²) in [6, 6.07) is 0. The van der Waals surface area contributed by atoms with E-state index in [0.29, 0.717) is 13.2 Å². The minimum Gasteiger partial charge on any atom is -0.463 e. The van der Waals surface area contributed by atoms with Gasteiger partial charge in [-0.15, -0.1) is 0 Å². The van der Waals surface area contributed by atoms with Crippen molar-refractivity contribution in [1.29, 1.82) is 0 Å². The lowest BCUT2D eigenvalue weighted by atomic mass is 9.97. The average Bonchev–Trinajstić information content (AvgIpc) is 2.55. The predicted molar refractivity (Wildman–Crippen MR) is 52.6 cm³/mol. The van der Waals surface area contributed by atoms with Crippen molar-refractivity contribution in [2.24, 2.45) is 5.41 Å². The molecular formula is C10H16N2O2. The Balaban J connectivity index is 2.26. The Morgan fingerprint density at radius 3 is 2.71 bits per heavy atom. The predicted octanol–water partition coefficient (Wildman–Crippen LogP) is 1.47. The lowest BCUT2D eigenvalue weighted by Crippen LogP contribution is -2.24. The summed E-state index contributed by atoms with van der Waals surface area (Å²) in [5.74, 6) is -0.169. The van der Waals surface area contributed by atoms with E-state index in [0.717, 1.165) is 0 Å². The van der Waals surface area contributed by atoms with E-state index in [1.54, 1.807) is 12.5 Å². The standard InChI is InChI=1S/C10H16N2O2/c1-10(2,3)9(13)14-7-6-12-5-4-11-8-12/h4-5,8H,6-7H2,1-3H3. The van der Waals surface area contributed by atoms with Crippen LogP contribution in [-0.4, -0.2) is 22.1 Å². The molecule has 1 rings (SSSR count). The monoisotopic (exact) mass is 196 g/mol. The molecule has 1 heterocycles. The first-order chi connectivity index (χ1) is 6.50. The van der Waals surface area contributed by atoms with Crippen LogP contribution in [0, 0.1) is 5.41 Å². The molecule has 1 aromatic heterocycles. The SMILES string of the molecule is CC(C)(C)C(=O)OCCn1ccnc1. The largest absolute Gasteiger partial charge is 0.463 e. The first-order valence-electron chi connectivity index (χ1n) is 4.63. The van der Waals surface area contributed by atoms with Crippen molar-refractivity contribution >= 4 is 5.97 Å². The Morgan fingerprint density at radius 1 is 1.50 bits per heavy atom. The highest BCUT2D eigenvalue weighted by Gasteiger charge is 2.22. The van der Waals surface area contributed by atoms with Crippen LogP contribution in [0.3, 0.4) is 0 Å². The number of nitrogens with zero attached hydrogens (tertiary/aromatic N) is 2. The fourth-order valence-corrected chi connectivity index (χ4v) is 0.879. The van der Waals surface area contributed by atoms with Crippen LogP contribution in [-0.2, 0) is 16.1 Å². The lowest BCUT2D eigenvalue weighted by molar-refractivity contribution is -0.153. The van der Waals surface area contributed by atoms with Crippen molar-refractivity contribution in [3.05, 3.63) is 18.7 Å². The number of carbonyl (C=O) groups is 1. The van der Waals surface area contributed by atoms with E-state index in [2.05, 4.69) is 4.98 Å². The molecule has 0 radical (unpaired) electrons. The molecule has 78 valence electrons. The normalized spacial score (nSPS) is 11.4. The molecular weight excluding hydrogens is 180 g/mol. The van der Waals surface area contributed by atoms with E-state index >= 15 is 0 Å². The minimum absolute atomic E-state index is 0.169. The van der Waals surface area contributed by atoms with Gasteiger partial charge in [0.1, 0.15) is 6.61 Å². The molecule has 0 saturated heterocycles. The molecule has 0 fully saturated rings. The first-order valence-corrected chi connectivity index (χ1v) is 4.63. The molecule has 1 aromatic rings. The highest BCUT2D eigenvalue weighted by atomic mass is 16.5. The van der Waals surface area contributed by atoms with Crippen molar-refractivity contribution in [3.63, 3.8) is 0 Å². The third kappa shape index (κ3) is 3.20. The second kappa shape index (κ2) is 4.26. The summed E-state index contributed by atoms with van der Waals surface area (Å²) in [5, 5.41) is 0. The molecule has 0 amide bonds. The van der Waals surface area contributed by atoms with E-state index < -0.39 is 5.41 Å². The van der Waals surface area contributed by atoms with Crippen LogP contribution in [0.2, 0.25) is 0 Å². The molecule has 4 nitrogen and oxygen atoms in total. The van der Waals surface area contributed by atoms with Gasteiger partial charge in [-0.1, -0.05) is 0 Å². The topological polar surface area (TPSA) is 44.1 Å². The Morgan fingerprint density at radius 2 is 2.21 bits per heavy atom. The maximum atomic E-state index is 11.3. The van der Waals surface area contributed by atoms with Crippen LogP contribution in [0.4, 0.5) is 0 Å². The van der Waals surface area contributed by atoms with Gasteiger partial charge in [0.15, 0.2) is 0 Å². The number of hydrogen-bond donors (Lipinski definition) is 0. The fourth-order valence-electron chi connectivity index (χ4n) is 0.879. The summed E-state index contributed by atoms with van der Waals surface area (Å²) in [4.78, 5) is 15.2. The van der Waals surface area contributed by atoms with Gasteiger partial charge in [0, 0.05) is 12.4 Å². The Bertz CT molecular complexity index is 286. The zero-order chi connectivity index (χ0) is 10.6. The van der Waals surface area contributed by atoms with E-state index in [1.807, 2.05) is 31.5 Å². The summed E-state index contributed by atoms with van der Waals surface area (Å²) in [6.45, 7) is 6.57. The van der Waals surface area contributed by atoms with Gasteiger partial charge in [-0.05, 0) is 20.8 Å². The van der Waals surface area contributed by atoms with E-state index in [1.165, 1.54) is 0 Å². The average molecular weight is 196 g/mol. The molecule has 0 aliphatic rings. The zero-order valence-corrected chi connectivity index (χ0v) is 8.86. The quantitative estimate of drug-likeness (QED) is 0.688. The molecule has 0 aliphatic carbocycles. The van der Waals surface area contributed by atoms with Crippen molar-refractivity contribution in [2.75, 3.05) is 6.61 Å². The van der Waals surface area contributed by atoms with Crippen LogP contribution >= 0.6 is 0 Å². The fraction of sp³-hybridized carbons (Fsp3) is 0.600. The third-order valence-corrected chi connectivity index (χ3v) is 1.75. The Labute approximate surface area is 83.9 Å². The molecule has 14 heavy (non-hydrogen) atoms. The summed E-state index contributed by atoms with van der Waals surface area (Å²) in [7, 11) is 0. The summed E-state index contributed by atoms with van der Waals surface area (Å²) < 4.78 is 6.96. The second-order valence-corrected chi connectivity index (χ2v) is 4.19. The van der Waals surface area contributed by atoms with Crippen LogP contribution in [0.5, 0.6) is 0 Å². The number of aromatic nitrogens is 2. The van der Waals surface area contributed by atoms with Gasteiger partial charge in [0.25, 0.3) is 0 Å². The molecule has 0 spiro atoms. The molecule has 0 aliphatic heterocycles. The number of rotatable bonds is 3. The van der Waals surface area contributed by atoms with Crippen LogP contribution in [0.1, 0.15) is 20.8 Å². The highest BCUT2D eigenvalue weighted by Crippen LogP contribution is 2.14. The molecule has 0 unspecified atom stereocenters. The summed E-state index contributed by atoms with van der Waals surface area (Å²) in [5.41, 5.74) is -0.422. The number of imidazole rings is 1. The number of esters is 1. The zero-order valence-electron chi connectivity index (χ0n) is 8.86. The molecule has 4 heteroatoms. The summed E-state index contributed by atoms with van der Waals surface area (Å²) in [6.07, 6.45) is 5.24. The van der Waals surface area contributed by atoms with Crippen LogP contribution in [0.15, 0.2) is 18.7 Å². The van der Waals surface area contributed by atoms with E-state index in [9.17, 15) is 4.79 Å². The van der Waals surface area contributed by atoms with E-state index in [4.69, 9.17) is 4.74 Å². The maximum Gasteiger partial charge on any atom is 0.311 e. The molecule has 0 atom stereocenters. The Kier molecular flexibility index (Phi) is 3.28. The van der Waals surface area contributed by atoms with Gasteiger partial charge in [0.05, 0.1) is 18.3 Å². The van der Waals surface area contributed by atoms with Crippen LogP contribution in [0.25, 0.3) is 0 Å². The van der Waals surface area contributed by atoms with Crippen LogP contribution < -0.4 is 0 Å². The third-order valence-electron chi connectivity index (χ3n) is 1.75. The molecule has 0 bridgehead atoms. The number of hydrogen-bond acceptors (Lipinski definition) is 3. The minimum atomic E-state index is -0.422. The molecule has 0 aromatic carbocycles. The van der Waals surface area contributed by atoms with Crippen molar-refractivity contribution in [3.8, 4) is 0 Å². The highest BCUT2D eigenvalue weighted by molar-refractivity contribution is 5.75. The van der Waals surface area contributed by atoms with Gasteiger partial charge >= 0.3 is 5.97 Å². The lowest BCUT2D eigenvalue weighted by Gasteiger charge is -2.16. The van der Waals surface area contributed by atoms with Crippen molar-refractivity contribution in [1.82, 2.24) is 9.55 Å². The van der Waals surface area contributed by atoms with Crippen molar-refractivity contribution in [2.45, 2.75) is 27.3 Å². The van der Waals surface area contributed by atoms with E-state index in [-0.39, 0.29) is 5.97 Å². The smallest absolute Gasteiger partial charge is 0.311 e. The second-order valence-electron chi connectivity index (χ2n) is 4.19. The maximum absolute atomic E-state index is 11.3. The first kappa shape index (κ1) is 10.8. The van der Waals surface area contributed by atoms with Gasteiger partial charge in [0.2, 0.25) is 0 Å².